The molecular weight excluding hydrogens is 528 g/mol. The number of aryl methyl sites for hydroxylation is 1. The molecule has 10 heteroatoms. The highest BCUT2D eigenvalue weighted by molar-refractivity contribution is 5.99. The van der Waals surface area contributed by atoms with Crippen LogP contribution in [0.15, 0.2) is 29.3 Å². The van der Waals surface area contributed by atoms with Crippen LogP contribution in [0.5, 0.6) is 0 Å². The highest BCUT2D eigenvalue weighted by atomic mass is 16.1. The average molecular weight is 573 g/mol. The molecule has 3 aliphatic rings. The fraction of sp³-hybridized carbons (Fsp3) is 0.594. The molecule has 0 spiro atoms. The van der Waals surface area contributed by atoms with Crippen molar-refractivity contribution in [1.82, 2.24) is 29.3 Å². The second kappa shape index (κ2) is 12.1. The fourth-order valence-electron chi connectivity index (χ4n) is 7.33. The van der Waals surface area contributed by atoms with Crippen LogP contribution >= 0.6 is 0 Å². The number of hydrogen-bond acceptors (Lipinski definition) is 9. The van der Waals surface area contributed by atoms with Crippen LogP contribution in [0.3, 0.4) is 0 Å². The van der Waals surface area contributed by atoms with Crippen LogP contribution in [0.4, 0.5) is 17.5 Å². The lowest BCUT2D eigenvalue weighted by Crippen LogP contribution is -2.50. The molecule has 0 amide bonds. The molecule has 0 radical (unpaired) electrons. The molecule has 42 heavy (non-hydrogen) atoms. The molecule has 2 aliphatic heterocycles. The van der Waals surface area contributed by atoms with Gasteiger partial charge < -0.3 is 20.0 Å². The average Bonchev–Trinajstić information content (AvgIpc) is 3.52. The van der Waals surface area contributed by atoms with Gasteiger partial charge in [-0.2, -0.15) is 4.98 Å². The van der Waals surface area contributed by atoms with Gasteiger partial charge in [-0.15, -0.1) is 0 Å². The van der Waals surface area contributed by atoms with Crippen molar-refractivity contribution in [2.75, 3.05) is 50.5 Å². The number of aromatic nitrogens is 4. The second-order valence-electron chi connectivity index (χ2n) is 12.6. The van der Waals surface area contributed by atoms with Gasteiger partial charge >= 0.3 is 0 Å². The summed E-state index contributed by atoms with van der Waals surface area (Å²) in [6.07, 6.45) is 12.5. The number of nitrogens with one attached hydrogen (secondary N) is 1. The van der Waals surface area contributed by atoms with Crippen molar-refractivity contribution < 1.29 is 4.79 Å². The Kier molecular flexibility index (Phi) is 8.27. The summed E-state index contributed by atoms with van der Waals surface area (Å²) in [6, 6.07) is 5.53. The van der Waals surface area contributed by atoms with Crippen molar-refractivity contribution >= 4 is 34.3 Å². The Hall–Kier alpha value is -3.37. The van der Waals surface area contributed by atoms with Crippen LogP contribution in [0, 0.1) is 6.92 Å². The van der Waals surface area contributed by atoms with E-state index in [0.717, 1.165) is 55.9 Å². The van der Waals surface area contributed by atoms with Crippen LogP contribution < -0.4 is 15.8 Å². The zero-order chi connectivity index (χ0) is 29.4. The summed E-state index contributed by atoms with van der Waals surface area (Å²) in [7, 11) is 4.40. The predicted octanol–water partition coefficient (Wildman–Crippen LogP) is 4.55. The van der Waals surface area contributed by atoms with Crippen LogP contribution in [0.25, 0.3) is 11.0 Å². The second-order valence-corrected chi connectivity index (χ2v) is 12.6. The summed E-state index contributed by atoms with van der Waals surface area (Å²) in [5.74, 6) is 0.831. The number of rotatable bonds is 7. The Morgan fingerprint density at radius 2 is 1.64 bits per heavy atom. The first-order valence-electron chi connectivity index (χ1n) is 15.6. The number of fused-ring (bicyclic) bond motifs is 1. The summed E-state index contributed by atoms with van der Waals surface area (Å²) in [4.78, 5) is 47.4. The first-order valence-corrected chi connectivity index (χ1v) is 15.6. The number of likely N-dealkylation sites (tertiary alicyclic amines) is 1. The van der Waals surface area contributed by atoms with Crippen molar-refractivity contribution in [3.8, 4) is 0 Å². The van der Waals surface area contributed by atoms with E-state index in [0.29, 0.717) is 29.0 Å². The van der Waals surface area contributed by atoms with Crippen molar-refractivity contribution in [1.29, 1.82) is 0 Å². The third-order valence-corrected chi connectivity index (χ3v) is 9.81. The van der Waals surface area contributed by atoms with E-state index in [9.17, 15) is 9.59 Å². The number of ketones is 1. The van der Waals surface area contributed by atoms with Crippen LogP contribution in [0.2, 0.25) is 0 Å². The minimum Gasteiger partial charge on any atom is -0.370 e. The SMILES string of the molecule is CC(=O)c1c(C)c2cnc(Nc3ccc(N4CCC(N5CCC(N(C)C)CC5)CC4)cn3)nc2n(C2CCCC2)c1=O. The Bertz CT molecular complexity index is 1480. The largest absolute Gasteiger partial charge is 0.370 e. The number of hydrogen-bond donors (Lipinski definition) is 1. The summed E-state index contributed by atoms with van der Waals surface area (Å²) < 4.78 is 1.74. The molecule has 1 aliphatic carbocycles. The third kappa shape index (κ3) is 5.66. The molecule has 224 valence electrons. The predicted molar refractivity (Wildman–Crippen MR) is 167 cm³/mol. The quantitative estimate of drug-likeness (QED) is 0.409. The standard InChI is InChI=1S/C32H44N8O2/c1-21-27-20-34-32(36-30(27)40(25-7-5-6-8-25)31(42)29(21)22(2)41)35-28-10-9-26(19-33-28)39-17-13-24(14-18-39)38-15-11-23(12-16-38)37(3)4/h9-10,19-20,23-25H,5-8,11-18H2,1-4H3,(H,33,34,35,36). The van der Waals surface area contributed by atoms with Gasteiger partial charge in [0.1, 0.15) is 11.5 Å². The highest BCUT2D eigenvalue weighted by Gasteiger charge is 2.29. The molecule has 0 unspecified atom stereocenters. The molecule has 2 saturated heterocycles. The highest BCUT2D eigenvalue weighted by Crippen LogP contribution is 2.32. The Morgan fingerprint density at radius 1 is 0.929 bits per heavy atom. The Labute approximate surface area is 248 Å². The van der Waals surface area contributed by atoms with Crippen molar-refractivity contribution in [3.63, 3.8) is 0 Å². The molecule has 3 aromatic rings. The van der Waals surface area contributed by atoms with Gasteiger partial charge in [0, 0.05) is 42.8 Å². The first-order chi connectivity index (χ1) is 20.3. The van der Waals surface area contributed by atoms with Crippen molar-refractivity contribution in [3.05, 3.63) is 46.0 Å². The molecule has 5 heterocycles. The Balaban J connectivity index is 1.14. The lowest BCUT2D eigenvalue weighted by Gasteiger charge is -2.43. The van der Waals surface area contributed by atoms with Crippen molar-refractivity contribution in [2.24, 2.45) is 0 Å². The molecule has 1 saturated carbocycles. The molecule has 3 aromatic heterocycles. The number of piperidine rings is 2. The van der Waals surface area contributed by atoms with Gasteiger partial charge in [0.05, 0.1) is 17.4 Å². The van der Waals surface area contributed by atoms with E-state index in [1.165, 1.54) is 45.7 Å². The fourth-order valence-corrected chi connectivity index (χ4v) is 7.33. The van der Waals surface area contributed by atoms with E-state index in [-0.39, 0.29) is 22.9 Å². The van der Waals surface area contributed by atoms with Gasteiger partial charge in [-0.05, 0) is 97.3 Å². The van der Waals surface area contributed by atoms with Gasteiger partial charge in [-0.25, -0.2) is 9.97 Å². The minimum atomic E-state index is -0.242. The van der Waals surface area contributed by atoms with E-state index in [1.54, 1.807) is 10.8 Å². The molecule has 1 N–H and O–H groups in total. The maximum absolute atomic E-state index is 13.5. The lowest BCUT2D eigenvalue weighted by molar-refractivity contribution is 0.0960. The van der Waals surface area contributed by atoms with Gasteiger partial charge in [0.25, 0.3) is 5.56 Å². The third-order valence-electron chi connectivity index (χ3n) is 9.81. The van der Waals surface area contributed by atoms with Crippen LogP contribution in [-0.4, -0.2) is 87.5 Å². The smallest absolute Gasteiger partial charge is 0.263 e. The number of carbonyl (C=O) groups is 1. The van der Waals surface area contributed by atoms with Gasteiger partial charge in [0.15, 0.2) is 5.78 Å². The maximum Gasteiger partial charge on any atom is 0.263 e. The minimum absolute atomic E-state index is 0.0490. The summed E-state index contributed by atoms with van der Waals surface area (Å²) in [5, 5.41) is 3.98. The molecular formula is C32H44N8O2. The maximum atomic E-state index is 13.5. The molecule has 3 fully saturated rings. The summed E-state index contributed by atoms with van der Waals surface area (Å²) >= 11 is 0. The summed E-state index contributed by atoms with van der Waals surface area (Å²) in [6.45, 7) is 7.77. The van der Waals surface area contributed by atoms with E-state index in [2.05, 4.69) is 50.1 Å². The number of anilines is 3. The van der Waals surface area contributed by atoms with Crippen molar-refractivity contribution in [2.45, 2.75) is 83.3 Å². The van der Waals surface area contributed by atoms with Crippen LogP contribution in [0.1, 0.15) is 80.3 Å². The Morgan fingerprint density at radius 3 is 2.26 bits per heavy atom. The van der Waals surface area contributed by atoms with E-state index in [4.69, 9.17) is 4.98 Å². The van der Waals surface area contributed by atoms with E-state index < -0.39 is 0 Å². The zero-order valence-electron chi connectivity index (χ0n) is 25.5. The van der Waals surface area contributed by atoms with E-state index in [1.807, 2.05) is 19.2 Å². The monoisotopic (exact) mass is 572 g/mol. The van der Waals surface area contributed by atoms with Crippen LogP contribution in [-0.2, 0) is 0 Å². The molecule has 0 atom stereocenters. The number of nitrogens with zero attached hydrogens (tertiary/aromatic N) is 7. The van der Waals surface area contributed by atoms with Gasteiger partial charge in [-0.3, -0.25) is 14.2 Å². The topological polar surface area (TPSA) is 99.5 Å². The molecule has 0 aromatic carbocycles. The lowest BCUT2D eigenvalue weighted by atomic mass is 9.97. The molecule has 6 rings (SSSR count). The van der Waals surface area contributed by atoms with Gasteiger partial charge in [0.2, 0.25) is 5.95 Å². The van der Waals surface area contributed by atoms with Gasteiger partial charge in [-0.1, -0.05) is 12.8 Å². The first kappa shape index (κ1) is 28.7. The molecule has 0 bridgehead atoms. The normalized spacial score (nSPS) is 19.7. The molecule has 10 nitrogen and oxygen atoms in total. The number of Topliss-reactive ketones (excluding diaryl/α,β-unsaturated/α-hetero) is 1. The zero-order valence-corrected chi connectivity index (χ0v) is 25.5. The summed E-state index contributed by atoms with van der Waals surface area (Å²) in [5.41, 5.74) is 2.36. The number of carbonyl (C=O) groups excluding carboxylic acids is 1. The number of pyridine rings is 2. The van der Waals surface area contributed by atoms with E-state index >= 15 is 0 Å².